The van der Waals surface area contributed by atoms with E-state index in [2.05, 4.69) is 20.3 Å². The van der Waals surface area contributed by atoms with Crippen LogP contribution >= 0.6 is 0 Å². The number of imidazole rings is 1. The van der Waals surface area contributed by atoms with Crippen molar-refractivity contribution in [2.75, 3.05) is 19.0 Å². The number of aromatic nitrogens is 4. The van der Waals surface area contributed by atoms with Crippen LogP contribution in [0.3, 0.4) is 0 Å². The van der Waals surface area contributed by atoms with Crippen molar-refractivity contribution < 1.29 is 19.7 Å². The van der Waals surface area contributed by atoms with Gasteiger partial charge in [-0.15, -0.1) is 0 Å². The second-order valence-electron chi connectivity index (χ2n) is 5.78. The highest BCUT2D eigenvalue weighted by Gasteiger charge is 2.45. The molecule has 2 aromatic heterocycles. The maximum Gasteiger partial charge on any atom is 0.167 e. The van der Waals surface area contributed by atoms with Crippen LogP contribution < -0.4 is 5.32 Å². The van der Waals surface area contributed by atoms with E-state index in [1.54, 1.807) is 10.9 Å². The largest absolute Gasteiger partial charge is 0.394 e. The van der Waals surface area contributed by atoms with Crippen LogP contribution in [0.2, 0.25) is 0 Å². The fourth-order valence-electron chi connectivity index (χ4n) is 2.77. The standard InChI is InChI=1S/C14H21N5O4/c1-7(2)18-12-9-13(16-5-15-12)19(6-17-9)14-11(22-3)10(21)8(4-20)23-14/h5-8,10-11,14,20-21H,4H2,1-3H3,(H,15,16,18)/t8-,10?,11?,14-/m1/s1. The van der Waals surface area contributed by atoms with Gasteiger partial charge in [-0.25, -0.2) is 15.0 Å². The highest BCUT2D eigenvalue weighted by molar-refractivity contribution is 5.82. The molecule has 9 nitrogen and oxygen atoms in total. The van der Waals surface area contributed by atoms with Crippen LogP contribution in [-0.2, 0) is 9.47 Å². The summed E-state index contributed by atoms with van der Waals surface area (Å²) in [5.74, 6) is 0.634. The summed E-state index contributed by atoms with van der Waals surface area (Å²) in [4.78, 5) is 12.8. The van der Waals surface area contributed by atoms with Gasteiger partial charge in [-0.2, -0.15) is 0 Å². The first-order valence-electron chi connectivity index (χ1n) is 7.48. The predicted molar refractivity (Wildman–Crippen MR) is 81.9 cm³/mol. The Kier molecular flexibility index (Phi) is 4.44. The van der Waals surface area contributed by atoms with Gasteiger partial charge in [-0.05, 0) is 13.8 Å². The number of rotatable bonds is 5. The summed E-state index contributed by atoms with van der Waals surface area (Å²) >= 11 is 0. The van der Waals surface area contributed by atoms with Crippen molar-refractivity contribution in [3.63, 3.8) is 0 Å². The zero-order valence-corrected chi connectivity index (χ0v) is 13.2. The second-order valence-corrected chi connectivity index (χ2v) is 5.78. The Hall–Kier alpha value is -1.81. The molecule has 0 amide bonds. The predicted octanol–water partition coefficient (Wildman–Crippen LogP) is -0.0878. The van der Waals surface area contributed by atoms with Gasteiger partial charge >= 0.3 is 0 Å². The van der Waals surface area contributed by atoms with Gasteiger partial charge in [0.05, 0.1) is 12.9 Å². The van der Waals surface area contributed by atoms with E-state index in [9.17, 15) is 10.2 Å². The van der Waals surface area contributed by atoms with Crippen molar-refractivity contribution in [1.29, 1.82) is 0 Å². The van der Waals surface area contributed by atoms with Crippen LogP contribution in [0.4, 0.5) is 5.82 Å². The first-order valence-corrected chi connectivity index (χ1v) is 7.48. The quantitative estimate of drug-likeness (QED) is 0.699. The van der Waals surface area contributed by atoms with Crippen molar-refractivity contribution in [2.45, 2.75) is 44.4 Å². The topological polar surface area (TPSA) is 115 Å². The van der Waals surface area contributed by atoms with E-state index in [4.69, 9.17) is 9.47 Å². The Bertz CT molecular complexity index is 676. The number of nitrogens with one attached hydrogen (secondary N) is 1. The first-order chi connectivity index (χ1) is 11.1. The van der Waals surface area contributed by atoms with Crippen LogP contribution in [0.1, 0.15) is 20.1 Å². The lowest BCUT2D eigenvalue weighted by Crippen LogP contribution is -2.34. The minimum atomic E-state index is -0.928. The molecule has 126 valence electrons. The number of ether oxygens (including phenoxy) is 2. The number of anilines is 1. The molecular weight excluding hydrogens is 302 g/mol. The van der Waals surface area contributed by atoms with E-state index in [0.29, 0.717) is 17.0 Å². The Morgan fingerprint density at radius 3 is 2.83 bits per heavy atom. The highest BCUT2D eigenvalue weighted by atomic mass is 16.6. The Balaban J connectivity index is 2.00. The van der Waals surface area contributed by atoms with E-state index >= 15 is 0 Å². The van der Waals surface area contributed by atoms with Gasteiger partial charge in [-0.3, -0.25) is 4.57 Å². The maximum absolute atomic E-state index is 10.2. The van der Waals surface area contributed by atoms with Crippen molar-refractivity contribution in [3.8, 4) is 0 Å². The zero-order chi connectivity index (χ0) is 16.6. The number of hydrogen-bond acceptors (Lipinski definition) is 8. The molecule has 0 saturated carbocycles. The molecule has 0 bridgehead atoms. The summed E-state index contributed by atoms with van der Waals surface area (Å²) in [5, 5.41) is 22.7. The number of aliphatic hydroxyl groups is 2. The molecule has 0 radical (unpaired) electrons. The highest BCUT2D eigenvalue weighted by Crippen LogP contribution is 2.33. The van der Waals surface area contributed by atoms with Crippen molar-refractivity contribution in [3.05, 3.63) is 12.7 Å². The smallest absolute Gasteiger partial charge is 0.167 e. The van der Waals surface area contributed by atoms with Gasteiger partial charge in [0.2, 0.25) is 0 Å². The number of aliphatic hydroxyl groups excluding tert-OH is 2. The molecule has 23 heavy (non-hydrogen) atoms. The lowest BCUT2D eigenvalue weighted by molar-refractivity contribution is -0.0583. The molecule has 2 unspecified atom stereocenters. The molecule has 2 aromatic rings. The van der Waals surface area contributed by atoms with Crippen molar-refractivity contribution in [2.24, 2.45) is 0 Å². The molecule has 0 aromatic carbocycles. The SMILES string of the molecule is COC1C(O)[C@@H](CO)O[C@H]1n1cnc2c(NC(C)C)ncnc21. The number of fused-ring (bicyclic) bond motifs is 1. The third kappa shape index (κ3) is 2.76. The summed E-state index contributed by atoms with van der Waals surface area (Å²) < 4.78 is 12.7. The second kappa shape index (κ2) is 6.36. The lowest BCUT2D eigenvalue weighted by Gasteiger charge is -2.20. The molecule has 4 atom stereocenters. The monoisotopic (exact) mass is 323 g/mol. The normalized spacial score (nSPS) is 27.9. The lowest BCUT2D eigenvalue weighted by atomic mass is 10.1. The van der Waals surface area contributed by atoms with Crippen molar-refractivity contribution in [1.82, 2.24) is 19.5 Å². The van der Waals surface area contributed by atoms with Crippen LogP contribution in [-0.4, -0.2) is 67.8 Å². The third-order valence-electron chi connectivity index (χ3n) is 3.82. The summed E-state index contributed by atoms with van der Waals surface area (Å²) in [6.45, 7) is 3.72. The summed E-state index contributed by atoms with van der Waals surface area (Å²) in [7, 11) is 1.49. The fraction of sp³-hybridized carbons (Fsp3) is 0.643. The minimum absolute atomic E-state index is 0.202. The molecule has 1 saturated heterocycles. The average molecular weight is 323 g/mol. The van der Waals surface area contributed by atoms with E-state index in [1.165, 1.54) is 13.4 Å². The first kappa shape index (κ1) is 16.1. The minimum Gasteiger partial charge on any atom is -0.394 e. The average Bonchev–Trinajstić information content (AvgIpc) is 3.08. The molecule has 0 aliphatic carbocycles. The third-order valence-corrected chi connectivity index (χ3v) is 3.82. The Labute approximate surface area is 133 Å². The molecule has 0 spiro atoms. The molecule has 1 aliphatic heterocycles. The number of nitrogens with zero attached hydrogens (tertiary/aromatic N) is 4. The summed E-state index contributed by atoms with van der Waals surface area (Å²) in [6.07, 6.45) is 0.135. The summed E-state index contributed by atoms with van der Waals surface area (Å²) in [6, 6.07) is 0.202. The van der Waals surface area contributed by atoms with Crippen LogP contribution in [0.15, 0.2) is 12.7 Å². The summed E-state index contributed by atoms with van der Waals surface area (Å²) in [5.41, 5.74) is 1.18. The van der Waals surface area contributed by atoms with E-state index in [0.717, 1.165) is 0 Å². The van der Waals surface area contributed by atoms with Gasteiger partial charge in [0.25, 0.3) is 0 Å². The van der Waals surface area contributed by atoms with Crippen LogP contribution in [0.5, 0.6) is 0 Å². The van der Waals surface area contributed by atoms with Gasteiger partial charge in [0.15, 0.2) is 23.2 Å². The molecule has 9 heteroatoms. The molecule has 1 aliphatic rings. The number of methoxy groups -OCH3 is 1. The zero-order valence-electron chi connectivity index (χ0n) is 13.2. The molecular formula is C14H21N5O4. The van der Waals surface area contributed by atoms with E-state index < -0.39 is 24.5 Å². The van der Waals surface area contributed by atoms with Gasteiger partial charge < -0.3 is 25.0 Å². The maximum atomic E-state index is 10.2. The molecule has 3 N–H and O–H groups in total. The molecule has 3 heterocycles. The van der Waals surface area contributed by atoms with Crippen molar-refractivity contribution >= 4 is 17.0 Å². The van der Waals surface area contributed by atoms with Gasteiger partial charge in [0, 0.05) is 13.2 Å². The molecule has 1 fully saturated rings. The van der Waals surface area contributed by atoms with E-state index in [-0.39, 0.29) is 12.6 Å². The Morgan fingerprint density at radius 1 is 1.39 bits per heavy atom. The number of hydrogen-bond donors (Lipinski definition) is 3. The van der Waals surface area contributed by atoms with E-state index in [1.807, 2.05) is 13.8 Å². The fourth-order valence-corrected chi connectivity index (χ4v) is 2.77. The van der Waals surface area contributed by atoms with Gasteiger partial charge in [0.1, 0.15) is 24.6 Å². The van der Waals surface area contributed by atoms with Gasteiger partial charge in [-0.1, -0.05) is 0 Å². The molecule has 3 rings (SSSR count). The Morgan fingerprint density at radius 2 is 2.17 bits per heavy atom. The van der Waals surface area contributed by atoms with Crippen LogP contribution in [0, 0.1) is 0 Å². The van der Waals surface area contributed by atoms with Crippen LogP contribution in [0.25, 0.3) is 11.2 Å².